The molecule has 6 heteroatoms. The molecule has 0 spiro atoms. The molecule has 141 valence electrons. The maximum atomic E-state index is 5.10. The third kappa shape index (κ3) is 6.25. The summed E-state index contributed by atoms with van der Waals surface area (Å²) in [6.45, 7) is 2.32. The van der Waals surface area contributed by atoms with Crippen molar-refractivity contribution in [2.24, 2.45) is 0 Å². The number of benzene rings is 3. The summed E-state index contributed by atoms with van der Waals surface area (Å²) in [6.07, 6.45) is 1.14. The van der Waals surface area contributed by atoms with Gasteiger partial charge in [-0.25, -0.2) is 0 Å². The summed E-state index contributed by atoms with van der Waals surface area (Å²) in [4.78, 5) is 0. The summed E-state index contributed by atoms with van der Waals surface area (Å²) < 4.78 is 0. The molecule has 26 heavy (non-hydrogen) atoms. The second-order valence-electron chi connectivity index (χ2n) is 5.44. The van der Waals surface area contributed by atoms with E-state index >= 15 is 0 Å². The average molecular weight is 533 g/mol. The standard InChI is InChI=1S/C20H20P.BrH.3ClH.Fe/c1-2-21(18-12-6-3-7-13-18,19-14-8-4-9-15-19)20-16-10-5-11-17-20;;;;;/h3-17H,2H2,1H3;4*1H;/q+1;;;;;+3/p-4. The molecule has 3 aromatic rings. The van der Waals surface area contributed by atoms with E-state index in [2.05, 4.69) is 112 Å². The maximum absolute atomic E-state index is 5.10. The molecule has 0 aliphatic heterocycles. The van der Waals surface area contributed by atoms with E-state index in [-0.39, 0.29) is 0 Å². The van der Waals surface area contributed by atoms with Crippen LogP contribution in [0.5, 0.6) is 0 Å². The molecule has 0 nitrogen and oxygen atoms in total. The molecule has 3 aromatic carbocycles. The van der Waals surface area contributed by atoms with Gasteiger partial charge in [-0.15, -0.1) is 0 Å². The van der Waals surface area contributed by atoms with E-state index in [9.17, 15) is 0 Å². The van der Waals surface area contributed by atoms with Gasteiger partial charge in [0.05, 0.1) is 6.16 Å². The molecule has 0 saturated heterocycles. The first-order valence-corrected chi connectivity index (χ1v) is 17.2. The van der Waals surface area contributed by atoms with Crippen molar-refractivity contribution in [2.75, 3.05) is 6.16 Å². The van der Waals surface area contributed by atoms with E-state index in [1.165, 1.54) is 15.9 Å². The monoisotopic (exact) mass is 531 g/mol. The van der Waals surface area contributed by atoms with Crippen molar-refractivity contribution in [3.8, 4) is 0 Å². The molecule has 0 aliphatic carbocycles. The second-order valence-corrected chi connectivity index (χ2v) is 24.3. The van der Waals surface area contributed by atoms with Crippen molar-refractivity contribution < 1.29 is 8.30 Å². The average Bonchev–Trinajstić information content (AvgIpc) is 2.64. The molecular weight excluding hydrogens is 513 g/mol. The summed E-state index contributed by atoms with van der Waals surface area (Å²) in [7, 11) is 11.5. The van der Waals surface area contributed by atoms with Crippen LogP contribution in [0.4, 0.5) is 0 Å². The Balaban J connectivity index is 0.000000431. The van der Waals surface area contributed by atoms with Crippen LogP contribution in [-0.2, 0) is 8.30 Å². The van der Waals surface area contributed by atoms with Crippen LogP contribution in [0.25, 0.3) is 0 Å². The van der Waals surface area contributed by atoms with E-state index in [1.807, 2.05) is 0 Å². The third-order valence-corrected chi connectivity index (χ3v) is 8.55. The van der Waals surface area contributed by atoms with Gasteiger partial charge in [-0.3, -0.25) is 0 Å². The molecule has 0 aliphatic rings. The molecule has 3 rings (SSSR count). The van der Waals surface area contributed by atoms with Crippen LogP contribution in [0, 0.1) is 0 Å². The predicted molar refractivity (Wildman–Crippen MR) is 122 cm³/mol. The zero-order chi connectivity index (χ0) is 19.0. The third-order valence-electron chi connectivity index (χ3n) is 4.07. The summed E-state index contributed by atoms with van der Waals surface area (Å²) in [5.41, 5.74) is 0. The summed E-state index contributed by atoms with van der Waals surface area (Å²) in [6, 6.07) is 33.0. The zero-order valence-corrected chi connectivity index (χ0v) is 20.0. The van der Waals surface area contributed by atoms with Gasteiger partial charge in [0.1, 0.15) is 23.2 Å². The Morgan fingerprint density at radius 2 is 0.885 bits per heavy atom. The first-order chi connectivity index (χ1) is 12.4. The zero-order valence-electron chi connectivity index (χ0n) is 14.2. The number of hydrogen-bond donors (Lipinski definition) is 0. The van der Waals surface area contributed by atoms with Gasteiger partial charge in [-0.05, 0) is 43.3 Å². The van der Waals surface area contributed by atoms with Crippen molar-refractivity contribution >= 4 is 67.6 Å². The van der Waals surface area contributed by atoms with Crippen LogP contribution in [0.3, 0.4) is 0 Å². The predicted octanol–water partition coefficient (Wildman–Crippen LogP) is 6.91. The quantitative estimate of drug-likeness (QED) is 0.253. The molecule has 0 radical (unpaired) electrons. The van der Waals surface area contributed by atoms with Crippen LogP contribution in [0.1, 0.15) is 6.92 Å². The van der Waals surface area contributed by atoms with Gasteiger partial charge in [0.25, 0.3) is 0 Å². The van der Waals surface area contributed by atoms with Gasteiger partial charge in [0.2, 0.25) is 0 Å². The van der Waals surface area contributed by atoms with Crippen molar-refractivity contribution in [1.29, 1.82) is 0 Å². The van der Waals surface area contributed by atoms with Crippen molar-refractivity contribution in [3.05, 3.63) is 91.0 Å². The van der Waals surface area contributed by atoms with Gasteiger partial charge in [0.15, 0.2) is 0 Å². The Bertz CT molecular complexity index is 678. The SMILES string of the molecule is CC[P+](c1ccccc1)(c1ccccc1)c1ccccc1.[Cl][Fe-]([Cl])([Cl])[Br]. The summed E-state index contributed by atoms with van der Waals surface area (Å²) in [5, 5.41) is 4.39. The Kier molecular flexibility index (Phi) is 8.98. The van der Waals surface area contributed by atoms with Crippen LogP contribution < -0.4 is 15.9 Å². The second kappa shape index (κ2) is 10.5. The Morgan fingerprint density at radius 1 is 0.654 bits per heavy atom. The number of hydrogen-bond acceptors (Lipinski definition) is 0. The topological polar surface area (TPSA) is 0 Å². The van der Waals surface area contributed by atoms with Crippen molar-refractivity contribution in [2.45, 2.75) is 6.92 Å². The normalized spacial score (nSPS) is 12.0. The van der Waals surface area contributed by atoms with Gasteiger partial charge >= 0.3 is 52.7 Å². The minimum absolute atomic E-state index is 1.14. The van der Waals surface area contributed by atoms with E-state index in [0.29, 0.717) is 0 Å². The van der Waals surface area contributed by atoms with Gasteiger partial charge < -0.3 is 0 Å². The van der Waals surface area contributed by atoms with E-state index in [0.717, 1.165) is 6.16 Å². The molecule has 0 aromatic heterocycles. The van der Waals surface area contributed by atoms with Gasteiger partial charge in [0, 0.05) is 0 Å². The van der Waals surface area contributed by atoms with E-state index < -0.39 is 15.6 Å². The fraction of sp³-hybridized carbons (Fsp3) is 0.100. The molecule has 0 bridgehead atoms. The van der Waals surface area contributed by atoms with Gasteiger partial charge in [-0.1, -0.05) is 54.6 Å². The van der Waals surface area contributed by atoms with Crippen LogP contribution in [0.2, 0.25) is 0 Å². The Labute approximate surface area is 178 Å². The van der Waals surface area contributed by atoms with E-state index in [4.69, 9.17) is 30.3 Å². The van der Waals surface area contributed by atoms with Crippen molar-refractivity contribution in [3.63, 3.8) is 0 Å². The molecule has 0 N–H and O–H groups in total. The number of rotatable bonds is 4. The minimum atomic E-state index is -2.27. The van der Waals surface area contributed by atoms with Gasteiger partial charge in [-0.2, -0.15) is 0 Å². The number of halogens is 4. The molecule has 0 fully saturated rings. The van der Waals surface area contributed by atoms with Crippen LogP contribution in [-0.4, -0.2) is 6.16 Å². The molecule has 0 unspecified atom stereocenters. The Morgan fingerprint density at radius 3 is 1.08 bits per heavy atom. The van der Waals surface area contributed by atoms with E-state index in [1.54, 1.807) is 0 Å². The van der Waals surface area contributed by atoms with Crippen molar-refractivity contribution in [1.82, 2.24) is 0 Å². The fourth-order valence-electron chi connectivity index (χ4n) is 3.04. The molecule has 0 amide bonds. The van der Waals surface area contributed by atoms with Crippen LogP contribution >= 0.6 is 51.7 Å². The molecular formula is C20H20BrCl3FeP. The first-order valence-electron chi connectivity index (χ1n) is 7.96. The summed E-state index contributed by atoms with van der Waals surface area (Å²) in [5.74, 6) is 0. The molecule has 0 atom stereocenters. The first kappa shape index (κ1) is 22.3. The van der Waals surface area contributed by atoms with Crippen LogP contribution in [0.15, 0.2) is 91.0 Å². The molecule has 0 heterocycles. The molecule has 0 saturated carbocycles. The fourth-order valence-corrected chi connectivity index (χ4v) is 7.08. The summed E-state index contributed by atoms with van der Waals surface area (Å²) >= 11 is 2.80. The Hall–Kier alpha value is -0.0405.